The third-order valence-corrected chi connectivity index (χ3v) is 9.48. The minimum absolute atomic E-state index is 0. The molecule has 0 radical (unpaired) electrons. The monoisotopic (exact) mass is 565 g/mol. The molecular weight excluding hydrogens is 529 g/mol. The van der Waals surface area contributed by atoms with Crippen molar-refractivity contribution in [2.45, 2.75) is 52.1 Å². The first-order valence-electron chi connectivity index (χ1n) is 14.4. The lowest BCUT2D eigenvalue weighted by Crippen LogP contribution is -2.44. The van der Waals surface area contributed by atoms with Crippen LogP contribution in [0.3, 0.4) is 0 Å². The molecule has 1 atom stereocenters. The number of benzene rings is 1. The van der Waals surface area contributed by atoms with Gasteiger partial charge in [0.1, 0.15) is 17.3 Å². The highest BCUT2D eigenvalue weighted by atomic mass is 19.1. The number of pyridine rings is 1. The van der Waals surface area contributed by atoms with E-state index in [2.05, 4.69) is 27.0 Å². The van der Waals surface area contributed by atoms with E-state index >= 15 is 0 Å². The molecule has 1 saturated heterocycles. The summed E-state index contributed by atoms with van der Waals surface area (Å²) in [5, 5.41) is 4.29. The Hall–Kier alpha value is -4.18. The Balaban J connectivity index is 0.00000288. The Labute approximate surface area is 245 Å². The molecular formula is C32H36FN9. The van der Waals surface area contributed by atoms with Crippen molar-refractivity contribution in [3.8, 4) is 11.3 Å². The first-order valence-corrected chi connectivity index (χ1v) is 14.4. The zero-order valence-electron chi connectivity index (χ0n) is 23.1. The van der Waals surface area contributed by atoms with Gasteiger partial charge in [-0.05, 0) is 66.8 Å². The Morgan fingerprint density at radius 2 is 1.88 bits per heavy atom. The molecule has 216 valence electrons. The summed E-state index contributed by atoms with van der Waals surface area (Å²) in [6.07, 6.45) is 10.2. The molecule has 9 nitrogen and oxygen atoms in total. The lowest BCUT2D eigenvalue weighted by atomic mass is 9.73. The van der Waals surface area contributed by atoms with E-state index in [1.807, 2.05) is 31.7 Å². The van der Waals surface area contributed by atoms with Gasteiger partial charge >= 0.3 is 0 Å². The number of fused-ring (bicyclic) bond motifs is 3. The fourth-order valence-corrected chi connectivity index (χ4v) is 7.20. The van der Waals surface area contributed by atoms with Crippen LogP contribution in [0.15, 0.2) is 53.9 Å². The number of aryl methyl sites for hydroxylation is 2. The van der Waals surface area contributed by atoms with E-state index < -0.39 is 0 Å². The number of rotatable bonds is 2. The van der Waals surface area contributed by atoms with E-state index in [-0.39, 0.29) is 24.7 Å². The van der Waals surface area contributed by atoms with Crippen molar-refractivity contribution in [2.75, 3.05) is 29.4 Å². The van der Waals surface area contributed by atoms with Crippen LogP contribution < -0.4 is 15.5 Å². The van der Waals surface area contributed by atoms with Gasteiger partial charge in [-0.3, -0.25) is 14.7 Å². The van der Waals surface area contributed by atoms with Gasteiger partial charge < -0.3 is 15.5 Å². The number of amidine groups is 1. The lowest BCUT2D eigenvalue weighted by Gasteiger charge is -2.42. The molecule has 4 aromatic rings. The average molecular weight is 566 g/mol. The number of nitrogens with zero attached hydrogens (tertiary/aromatic N) is 8. The summed E-state index contributed by atoms with van der Waals surface area (Å²) in [5.41, 5.74) is 14.3. The Kier molecular flexibility index (Phi) is 6.34. The zero-order valence-corrected chi connectivity index (χ0v) is 23.1. The maximum atomic E-state index is 14.5. The van der Waals surface area contributed by atoms with Gasteiger partial charge in [-0.1, -0.05) is 19.6 Å². The molecule has 1 fully saturated rings. The molecule has 3 aromatic heterocycles. The molecule has 1 aliphatic carbocycles. The van der Waals surface area contributed by atoms with Crippen LogP contribution in [0.1, 0.15) is 60.9 Å². The van der Waals surface area contributed by atoms with Gasteiger partial charge in [-0.2, -0.15) is 5.10 Å². The van der Waals surface area contributed by atoms with Gasteiger partial charge in [0.25, 0.3) is 0 Å². The fraction of sp³-hybridized carbons (Fsp3) is 0.406. The molecule has 6 heterocycles. The standard InChI is InChI=1S/C31H32FN9.CH4/c1-39-18-19(15-36-39)23-7-8-26-24(37-23)6-3-11-41(26)30-28-25(16-35-30)38-27(17-34-28)40-12-9-31(10-13-40)14-21-20(29(31)33)4-2-5-22(21)32;/h2,4-5,7-8,15,17-18,29H,3,6,9-14,16,33H2,1H3;1H4/t29-;/m1./s1. The van der Waals surface area contributed by atoms with Crippen molar-refractivity contribution in [1.82, 2.24) is 24.7 Å². The van der Waals surface area contributed by atoms with Gasteiger partial charge in [0, 0.05) is 44.5 Å². The maximum absolute atomic E-state index is 14.5. The van der Waals surface area contributed by atoms with Gasteiger partial charge in [0.2, 0.25) is 0 Å². The molecule has 0 saturated carbocycles. The van der Waals surface area contributed by atoms with E-state index in [4.69, 9.17) is 25.7 Å². The third-order valence-electron chi connectivity index (χ3n) is 9.48. The lowest BCUT2D eigenvalue weighted by molar-refractivity contribution is 0.186. The fourth-order valence-electron chi connectivity index (χ4n) is 7.20. The second-order valence-electron chi connectivity index (χ2n) is 11.8. The highest BCUT2D eigenvalue weighted by molar-refractivity contribution is 6.11. The molecule has 4 aliphatic rings. The molecule has 8 rings (SSSR count). The number of hydrogen-bond donors (Lipinski definition) is 1. The predicted octanol–water partition coefficient (Wildman–Crippen LogP) is 4.60. The van der Waals surface area contributed by atoms with Crippen molar-refractivity contribution < 1.29 is 4.39 Å². The molecule has 10 heteroatoms. The Morgan fingerprint density at radius 1 is 1.02 bits per heavy atom. The first kappa shape index (κ1) is 26.7. The highest BCUT2D eigenvalue weighted by Crippen LogP contribution is 2.51. The molecule has 1 aromatic carbocycles. The molecule has 1 spiro atoms. The summed E-state index contributed by atoms with van der Waals surface area (Å²) < 4.78 is 16.3. The highest BCUT2D eigenvalue weighted by Gasteiger charge is 2.47. The number of hydrogen-bond acceptors (Lipinski definition) is 8. The SMILES string of the molecule is C.Cn1cc(-c2ccc3c(n2)CCCN3C2=NCc3nc(N4CCC5(CC4)Cc4c(F)cccc4[C@H]5N)cnc32)cn1. The van der Waals surface area contributed by atoms with E-state index in [1.54, 1.807) is 16.8 Å². The molecule has 0 unspecified atom stereocenters. The molecule has 0 bridgehead atoms. The predicted molar refractivity (Wildman–Crippen MR) is 162 cm³/mol. The van der Waals surface area contributed by atoms with E-state index in [1.165, 1.54) is 0 Å². The molecule has 2 N–H and O–H groups in total. The molecule has 3 aliphatic heterocycles. The summed E-state index contributed by atoms with van der Waals surface area (Å²) in [6.45, 7) is 3.06. The smallest absolute Gasteiger partial charge is 0.156 e. The number of halogens is 1. The van der Waals surface area contributed by atoms with Gasteiger partial charge in [-0.25, -0.2) is 14.4 Å². The van der Waals surface area contributed by atoms with Gasteiger partial charge in [0.15, 0.2) is 5.84 Å². The molecule has 0 amide bonds. The van der Waals surface area contributed by atoms with E-state index in [0.29, 0.717) is 13.0 Å². The molecule has 42 heavy (non-hydrogen) atoms. The van der Waals surface area contributed by atoms with Crippen LogP contribution in [0.2, 0.25) is 0 Å². The first-order chi connectivity index (χ1) is 20.0. The topological polar surface area (TPSA) is 101 Å². The summed E-state index contributed by atoms with van der Waals surface area (Å²) in [4.78, 5) is 24.4. The number of piperidine rings is 1. The second kappa shape index (κ2) is 9.97. The van der Waals surface area contributed by atoms with E-state index in [9.17, 15) is 4.39 Å². The van der Waals surface area contributed by atoms with E-state index in [0.717, 1.165) is 102 Å². The minimum Gasteiger partial charge on any atom is -0.355 e. The van der Waals surface area contributed by atoms with Crippen LogP contribution in [0.5, 0.6) is 0 Å². The van der Waals surface area contributed by atoms with Gasteiger partial charge in [-0.15, -0.1) is 0 Å². The quantitative estimate of drug-likeness (QED) is 0.379. The number of aliphatic imine (C=N–C) groups is 1. The van der Waals surface area contributed by atoms with Crippen molar-refractivity contribution in [2.24, 2.45) is 23.2 Å². The summed E-state index contributed by atoms with van der Waals surface area (Å²) in [6, 6.07) is 9.40. The van der Waals surface area contributed by atoms with Crippen LogP contribution in [0.4, 0.5) is 15.9 Å². The Bertz CT molecular complexity index is 1700. The Morgan fingerprint density at radius 3 is 2.67 bits per heavy atom. The minimum atomic E-state index is -0.126. The summed E-state index contributed by atoms with van der Waals surface area (Å²) >= 11 is 0. The second-order valence-corrected chi connectivity index (χ2v) is 11.8. The normalized spacial score (nSPS) is 20.2. The largest absolute Gasteiger partial charge is 0.355 e. The summed E-state index contributed by atoms with van der Waals surface area (Å²) in [7, 11) is 1.92. The average Bonchev–Trinajstić information content (AvgIpc) is 3.70. The third kappa shape index (κ3) is 4.11. The number of nitrogens with two attached hydrogens (primary N) is 1. The van der Waals surface area contributed by atoms with Crippen LogP contribution in [-0.4, -0.2) is 50.2 Å². The van der Waals surface area contributed by atoms with Crippen molar-refractivity contribution in [1.29, 1.82) is 0 Å². The van der Waals surface area contributed by atoms with Crippen LogP contribution >= 0.6 is 0 Å². The van der Waals surface area contributed by atoms with Crippen LogP contribution in [0, 0.1) is 11.2 Å². The van der Waals surface area contributed by atoms with Gasteiger partial charge in [0.05, 0.1) is 41.7 Å². The van der Waals surface area contributed by atoms with Crippen LogP contribution in [0.25, 0.3) is 11.3 Å². The summed E-state index contributed by atoms with van der Waals surface area (Å²) in [5.74, 6) is 1.64. The van der Waals surface area contributed by atoms with Crippen molar-refractivity contribution in [3.63, 3.8) is 0 Å². The van der Waals surface area contributed by atoms with Crippen LogP contribution in [-0.2, 0) is 26.4 Å². The number of aromatic nitrogens is 5. The zero-order chi connectivity index (χ0) is 27.7. The number of anilines is 2. The van der Waals surface area contributed by atoms with Crippen molar-refractivity contribution in [3.05, 3.63) is 82.9 Å². The van der Waals surface area contributed by atoms with Crippen molar-refractivity contribution >= 4 is 17.3 Å². The maximum Gasteiger partial charge on any atom is 0.156 e.